The topological polar surface area (TPSA) is 94.0 Å². The molecule has 0 atom stereocenters. The predicted molar refractivity (Wildman–Crippen MR) is 82.2 cm³/mol. The van der Waals surface area contributed by atoms with E-state index in [0.717, 1.165) is 22.4 Å². The number of aryl methyl sites for hydroxylation is 3. The second-order valence-corrected chi connectivity index (χ2v) is 5.42. The van der Waals surface area contributed by atoms with Gasteiger partial charge in [0.25, 0.3) is 0 Å². The molecule has 1 aromatic carbocycles. The largest absolute Gasteiger partial charge is 0.476 e. The highest BCUT2D eigenvalue weighted by atomic mass is 16.5. The molecule has 23 heavy (non-hydrogen) atoms. The van der Waals surface area contributed by atoms with Gasteiger partial charge in [-0.1, -0.05) is 40.2 Å². The number of carboxylic acids is 1. The Labute approximate surface area is 132 Å². The van der Waals surface area contributed by atoms with Gasteiger partial charge in [0.15, 0.2) is 5.69 Å². The molecule has 0 radical (unpaired) electrons. The molecule has 0 amide bonds. The molecule has 7 nitrogen and oxygen atoms in total. The van der Waals surface area contributed by atoms with Gasteiger partial charge in [-0.25, -0.2) is 9.48 Å². The molecule has 0 aliphatic heterocycles. The zero-order valence-corrected chi connectivity index (χ0v) is 13.1. The normalized spacial score (nSPS) is 10.9. The number of hydrogen-bond acceptors (Lipinski definition) is 5. The Kier molecular flexibility index (Phi) is 3.69. The van der Waals surface area contributed by atoms with Crippen LogP contribution in [0.3, 0.4) is 0 Å². The summed E-state index contributed by atoms with van der Waals surface area (Å²) in [4.78, 5) is 11.5. The molecule has 0 saturated heterocycles. The van der Waals surface area contributed by atoms with Crippen LogP contribution in [0.4, 0.5) is 0 Å². The van der Waals surface area contributed by atoms with Gasteiger partial charge in [0.2, 0.25) is 0 Å². The third-order valence-corrected chi connectivity index (χ3v) is 3.75. The molecule has 0 aliphatic rings. The monoisotopic (exact) mass is 312 g/mol. The summed E-state index contributed by atoms with van der Waals surface area (Å²) in [5, 5.41) is 21.1. The van der Waals surface area contributed by atoms with Gasteiger partial charge in [-0.15, -0.1) is 5.10 Å². The van der Waals surface area contributed by atoms with E-state index in [1.54, 1.807) is 4.68 Å². The van der Waals surface area contributed by atoms with Crippen LogP contribution in [0.15, 0.2) is 28.8 Å². The first-order chi connectivity index (χ1) is 11.0. The van der Waals surface area contributed by atoms with E-state index in [0.29, 0.717) is 18.0 Å². The van der Waals surface area contributed by atoms with Gasteiger partial charge >= 0.3 is 5.97 Å². The molecular formula is C16H16N4O3. The van der Waals surface area contributed by atoms with E-state index in [4.69, 9.17) is 4.52 Å². The number of carboxylic acid groups (broad SMARTS) is 1. The Morgan fingerprint density at radius 3 is 2.48 bits per heavy atom. The summed E-state index contributed by atoms with van der Waals surface area (Å²) >= 11 is 0. The molecule has 2 heterocycles. The molecule has 1 N–H and O–H groups in total. The predicted octanol–water partition coefficient (Wildman–Crippen LogP) is 2.60. The van der Waals surface area contributed by atoms with Crippen LogP contribution in [-0.2, 0) is 6.54 Å². The van der Waals surface area contributed by atoms with Gasteiger partial charge < -0.3 is 9.63 Å². The molecule has 0 aliphatic carbocycles. The number of hydrogen-bond donors (Lipinski definition) is 1. The summed E-state index contributed by atoms with van der Waals surface area (Å²) in [6, 6.07) is 7.58. The standard InChI is InChI=1S/C16H16N4O3/c1-9-4-6-12(7-5-9)15-14(16(21)22)17-19-20(15)8-13-10(2)18-23-11(13)3/h4-7H,8H2,1-3H3,(H,21,22). The third-order valence-electron chi connectivity index (χ3n) is 3.75. The van der Waals surface area contributed by atoms with Crippen LogP contribution in [0.25, 0.3) is 11.3 Å². The third kappa shape index (κ3) is 2.73. The second-order valence-electron chi connectivity index (χ2n) is 5.42. The van der Waals surface area contributed by atoms with Crippen LogP contribution in [0.2, 0.25) is 0 Å². The highest BCUT2D eigenvalue weighted by Gasteiger charge is 2.22. The number of aromatic carboxylic acids is 1. The molecule has 0 saturated carbocycles. The zero-order valence-electron chi connectivity index (χ0n) is 13.1. The molecular weight excluding hydrogens is 296 g/mol. The molecule has 118 valence electrons. The first kappa shape index (κ1) is 15.0. The maximum atomic E-state index is 11.5. The van der Waals surface area contributed by atoms with Crippen molar-refractivity contribution in [1.82, 2.24) is 20.2 Å². The summed E-state index contributed by atoms with van der Waals surface area (Å²) in [6.07, 6.45) is 0. The van der Waals surface area contributed by atoms with Crippen LogP contribution < -0.4 is 0 Å². The first-order valence-electron chi connectivity index (χ1n) is 7.13. The van der Waals surface area contributed by atoms with Crippen molar-refractivity contribution in [2.75, 3.05) is 0 Å². The Morgan fingerprint density at radius 1 is 1.22 bits per heavy atom. The smallest absolute Gasteiger partial charge is 0.358 e. The highest BCUT2D eigenvalue weighted by Crippen LogP contribution is 2.25. The van der Waals surface area contributed by atoms with Crippen molar-refractivity contribution in [2.24, 2.45) is 0 Å². The molecule has 0 spiro atoms. The van der Waals surface area contributed by atoms with E-state index >= 15 is 0 Å². The lowest BCUT2D eigenvalue weighted by atomic mass is 10.1. The van der Waals surface area contributed by atoms with Crippen molar-refractivity contribution >= 4 is 5.97 Å². The molecule has 7 heteroatoms. The molecule has 0 bridgehead atoms. The van der Waals surface area contributed by atoms with Crippen LogP contribution in [0, 0.1) is 20.8 Å². The van der Waals surface area contributed by atoms with Crippen molar-refractivity contribution in [2.45, 2.75) is 27.3 Å². The Morgan fingerprint density at radius 2 is 1.91 bits per heavy atom. The second kappa shape index (κ2) is 5.68. The fourth-order valence-electron chi connectivity index (χ4n) is 2.44. The van der Waals surface area contributed by atoms with E-state index < -0.39 is 5.97 Å². The SMILES string of the molecule is Cc1ccc(-c2c(C(=O)O)nnn2Cc2c(C)noc2C)cc1. The van der Waals surface area contributed by atoms with Gasteiger partial charge in [0, 0.05) is 11.1 Å². The van der Waals surface area contributed by atoms with E-state index in [1.165, 1.54) is 0 Å². The summed E-state index contributed by atoms with van der Waals surface area (Å²) in [5.74, 6) is -0.421. The average Bonchev–Trinajstić information content (AvgIpc) is 3.07. The fraction of sp³-hybridized carbons (Fsp3) is 0.250. The Balaban J connectivity index is 2.11. The summed E-state index contributed by atoms with van der Waals surface area (Å²) < 4.78 is 6.73. The summed E-state index contributed by atoms with van der Waals surface area (Å²) in [5.41, 5.74) is 3.88. The summed E-state index contributed by atoms with van der Waals surface area (Å²) in [6.45, 7) is 5.98. The van der Waals surface area contributed by atoms with Crippen molar-refractivity contribution in [3.63, 3.8) is 0 Å². The van der Waals surface area contributed by atoms with Gasteiger partial charge in [0.1, 0.15) is 11.5 Å². The molecule has 0 fully saturated rings. The molecule has 3 aromatic rings. The van der Waals surface area contributed by atoms with Gasteiger partial charge in [-0.2, -0.15) is 0 Å². The minimum atomic E-state index is -1.11. The molecule has 2 aromatic heterocycles. The minimum absolute atomic E-state index is 0.0689. The lowest BCUT2D eigenvalue weighted by Crippen LogP contribution is -2.07. The van der Waals surface area contributed by atoms with Crippen molar-refractivity contribution in [3.05, 3.63) is 52.5 Å². The van der Waals surface area contributed by atoms with E-state index in [2.05, 4.69) is 15.5 Å². The fourth-order valence-corrected chi connectivity index (χ4v) is 2.44. The van der Waals surface area contributed by atoms with E-state index in [-0.39, 0.29) is 5.69 Å². The van der Waals surface area contributed by atoms with Crippen LogP contribution in [0.5, 0.6) is 0 Å². The average molecular weight is 312 g/mol. The highest BCUT2D eigenvalue weighted by molar-refractivity contribution is 5.92. The number of carbonyl (C=O) groups is 1. The van der Waals surface area contributed by atoms with Crippen molar-refractivity contribution in [1.29, 1.82) is 0 Å². The molecule has 0 unspecified atom stereocenters. The number of aromatic nitrogens is 4. The van der Waals surface area contributed by atoms with Crippen LogP contribution >= 0.6 is 0 Å². The van der Waals surface area contributed by atoms with Gasteiger partial charge in [0.05, 0.1) is 12.2 Å². The van der Waals surface area contributed by atoms with Crippen LogP contribution in [-0.4, -0.2) is 31.2 Å². The number of rotatable bonds is 4. The van der Waals surface area contributed by atoms with E-state index in [9.17, 15) is 9.90 Å². The van der Waals surface area contributed by atoms with Crippen molar-refractivity contribution < 1.29 is 14.4 Å². The maximum Gasteiger partial charge on any atom is 0.358 e. The first-order valence-corrected chi connectivity index (χ1v) is 7.13. The minimum Gasteiger partial charge on any atom is -0.476 e. The van der Waals surface area contributed by atoms with E-state index in [1.807, 2.05) is 45.0 Å². The number of benzene rings is 1. The zero-order chi connectivity index (χ0) is 16.6. The Bertz CT molecular complexity index is 843. The van der Waals surface area contributed by atoms with Gasteiger partial charge in [-0.05, 0) is 20.8 Å². The maximum absolute atomic E-state index is 11.5. The van der Waals surface area contributed by atoms with Crippen LogP contribution in [0.1, 0.15) is 33.1 Å². The van der Waals surface area contributed by atoms with Gasteiger partial charge in [-0.3, -0.25) is 0 Å². The summed E-state index contributed by atoms with van der Waals surface area (Å²) in [7, 11) is 0. The molecule has 3 rings (SSSR count). The quantitative estimate of drug-likeness (QED) is 0.795. The lowest BCUT2D eigenvalue weighted by molar-refractivity contribution is 0.0691. The lowest BCUT2D eigenvalue weighted by Gasteiger charge is -2.07. The Hall–Kier alpha value is -2.96. The number of nitrogens with zero attached hydrogens (tertiary/aromatic N) is 4. The van der Waals surface area contributed by atoms with Crippen molar-refractivity contribution in [3.8, 4) is 11.3 Å².